The molecule has 0 aliphatic carbocycles. The molecule has 1 aromatic rings. The zero-order valence-electron chi connectivity index (χ0n) is 7.64. The second kappa shape index (κ2) is 3.86. The highest BCUT2D eigenvalue weighted by molar-refractivity contribution is 7.75. The molecule has 0 radical (unpaired) electrons. The van der Waals surface area contributed by atoms with Gasteiger partial charge in [0.05, 0.1) is 11.1 Å². The maximum absolute atomic E-state index is 11.1. The van der Waals surface area contributed by atoms with Gasteiger partial charge in [0.15, 0.2) is 0 Å². The van der Waals surface area contributed by atoms with E-state index in [2.05, 4.69) is 4.99 Å². The third kappa shape index (κ3) is 3.13. The van der Waals surface area contributed by atoms with Crippen molar-refractivity contribution in [3.8, 4) is 0 Å². The first-order valence-corrected chi connectivity index (χ1v) is 6.02. The van der Waals surface area contributed by atoms with Crippen LogP contribution in [0.3, 0.4) is 0 Å². The van der Waals surface area contributed by atoms with E-state index in [4.69, 9.17) is 0 Å². The molecule has 0 saturated carbocycles. The Balaban J connectivity index is 2.97. The van der Waals surface area contributed by atoms with E-state index in [0.29, 0.717) is 5.69 Å². The summed E-state index contributed by atoms with van der Waals surface area (Å²) >= 11 is 0. The van der Waals surface area contributed by atoms with Crippen LogP contribution in [0.5, 0.6) is 0 Å². The molecule has 0 fully saturated rings. The van der Waals surface area contributed by atoms with Gasteiger partial charge in [0, 0.05) is 6.66 Å². The second-order valence-corrected chi connectivity index (χ2v) is 5.28. The lowest BCUT2D eigenvalue weighted by Crippen LogP contribution is -1.90. The normalized spacial score (nSPS) is 16.7. The Morgan fingerprint density at radius 1 is 1.38 bits per heavy atom. The van der Waals surface area contributed by atoms with Gasteiger partial charge in [0.2, 0.25) is 7.37 Å². The van der Waals surface area contributed by atoms with Crippen molar-refractivity contribution in [3.63, 3.8) is 0 Å². The molecule has 0 bridgehead atoms. The van der Waals surface area contributed by atoms with E-state index in [9.17, 15) is 9.46 Å². The monoisotopic (exact) mass is 197 g/mol. The number of hydrogen-bond donors (Lipinski definition) is 1. The minimum Gasteiger partial charge on any atom is -0.340 e. The number of benzene rings is 1. The summed E-state index contributed by atoms with van der Waals surface area (Å²) in [7, 11) is -3.17. The van der Waals surface area contributed by atoms with Crippen LogP contribution in [0.4, 0.5) is 5.69 Å². The fourth-order valence-corrected chi connectivity index (χ4v) is 1.08. The molecule has 1 unspecified atom stereocenters. The fourth-order valence-electron chi connectivity index (χ4n) is 0.782. The number of para-hydroxylation sites is 1. The van der Waals surface area contributed by atoms with Gasteiger partial charge in [-0.3, -0.25) is 4.57 Å². The van der Waals surface area contributed by atoms with Crippen molar-refractivity contribution in [1.82, 2.24) is 0 Å². The van der Waals surface area contributed by atoms with Crippen molar-refractivity contribution < 1.29 is 9.46 Å². The van der Waals surface area contributed by atoms with Gasteiger partial charge in [-0.1, -0.05) is 18.2 Å². The maximum atomic E-state index is 11.1. The van der Waals surface area contributed by atoms with Crippen LogP contribution in [0.1, 0.15) is 6.92 Å². The van der Waals surface area contributed by atoms with Crippen LogP contribution in [-0.2, 0) is 4.57 Å². The Morgan fingerprint density at radius 2 is 1.92 bits per heavy atom. The Hall–Kier alpha value is -0.920. The van der Waals surface area contributed by atoms with Crippen LogP contribution in [0.15, 0.2) is 35.3 Å². The molecule has 0 aliphatic rings. The Bertz CT molecular complexity index is 353. The van der Waals surface area contributed by atoms with Crippen LogP contribution < -0.4 is 0 Å². The molecule has 1 aromatic carbocycles. The molecule has 0 amide bonds. The van der Waals surface area contributed by atoms with Gasteiger partial charge in [-0.25, -0.2) is 4.99 Å². The number of nitrogens with zero attached hydrogens (tertiary/aromatic N) is 1. The molecule has 1 atom stereocenters. The maximum Gasteiger partial charge on any atom is 0.240 e. The van der Waals surface area contributed by atoms with E-state index in [1.54, 1.807) is 19.1 Å². The summed E-state index contributed by atoms with van der Waals surface area (Å²) in [6.45, 7) is 2.85. The predicted octanol–water partition coefficient (Wildman–Crippen LogP) is 2.64. The molecule has 0 aromatic heterocycles. The van der Waals surface area contributed by atoms with Crippen molar-refractivity contribution in [2.24, 2.45) is 4.99 Å². The van der Waals surface area contributed by atoms with E-state index in [1.165, 1.54) is 6.66 Å². The van der Waals surface area contributed by atoms with Crippen LogP contribution in [0.2, 0.25) is 0 Å². The van der Waals surface area contributed by atoms with E-state index >= 15 is 0 Å². The SMILES string of the molecule is CC(=Nc1ccccc1)P(C)(=O)O. The van der Waals surface area contributed by atoms with Crippen molar-refractivity contribution in [1.29, 1.82) is 0 Å². The quantitative estimate of drug-likeness (QED) is 0.585. The molecular weight excluding hydrogens is 185 g/mol. The summed E-state index contributed by atoms with van der Waals surface area (Å²) in [5.74, 6) is 0. The number of aliphatic imine (C=N–C) groups is 1. The van der Waals surface area contributed by atoms with Gasteiger partial charge < -0.3 is 4.89 Å². The minimum absolute atomic E-state index is 0.277. The third-order valence-electron chi connectivity index (χ3n) is 1.65. The van der Waals surface area contributed by atoms with Gasteiger partial charge in [-0.05, 0) is 19.1 Å². The number of hydrogen-bond acceptors (Lipinski definition) is 2. The van der Waals surface area contributed by atoms with Gasteiger partial charge in [0.1, 0.15) is 0 Å². The summed E-state index contributed by atoms with van der Waals surface area (Å²) < 4.78 is 11.1. The average molecular weight is 197 g/mol. The first kappa shape index (κ1) is 10.2. The van der Waals surface area contributed by atoms with Gasteiger partial charge in [0.25, 0.3) is 0 Å². The van der Waals surface area contributed by atoms with Crippen molar-refractivity contribution >= 4 is 18.5 Å². The molecule has 0 heterocycles. The topological polar surface area (TPSA) is 49.7 Å². The molecule has 4 heteroatoms. The molecule has 0 spiro atoms. The van der Waals surface area contributed by atoms with Crippen LogP contribution in [0, 0.1) is 0 Å². The van der Waals surface area contributed by atoms with E-state index in [0.717, 1.165) is 0 Å². The molecule has 70 valence electrons. The van der Waals surface area contributed by atoms with Gasteiger partial charge >= 0.3 is 0 Å². The molecule has 0 aliphatic heterocycles. The molecule has 1 rings (SSSR count). The van der Waals surface area contributed by atoms with Gasteiger partial charge in [-0.2, -0.15) is 0 Å². The molecule has 13 heavy (non-hydrogen) atoms. The standard InChI is InChI=1S/C9H12NO2P/c1-8(13(2,11)12)10-9-6-4-3-5-7-9/h3-7H,1-2H3,(H,11,12). The molecule has 3 nitrogen and oxygen atoms in total. The van der Waals surface area contributed by atoms with Crippen LogP contribution in [0.25, 0.3) is 0 Å². The summed E-state index contributed by atoms with van der Waals surface area (Å²) in [5, 5.41) is 0. The third-order valence-corrected chi connectivity index (χ3v) is 2.95. The number of rotatable bonds is 2. The highest BCUT2D eigenvalue weighted by Crippen LogP contribution is 2.38. The smallest absolute Gasteiger partial charge is 0.240 e. The summed E-state index contributed by atoms with van der Waals surface area (Å²) in [6.07, 6.45) is 0. The van der Waals surface area contributed by atoms with E-state index < -0.39 is 7.37 Å². The second-order valence-electron chi connectivity index (χ2n) is 2.87. The van der Waals surface area contributed by atoms with Crippen molar-refractivity contribution in [2.75, 3.05) is 6.66 Å². The summed E-state index contributed by atoms with van der Waals surface area (Å²) in [5.41, 5.74) is 0.981. The lowest BCUT2D eigenvalue weighted by atomic mass is 10.3. The van der Waals surface area contributed by atoms with Crippen LogP contribution >= 0.6 is 7.37 Å². The largest absolute Gasteiger partial charge is 0.340 e. The van der Waals surface area contributed by atoms with E-state index in [-0.39, 0.29) is 5.45 Å². The zero-order chi connectivity index (χ0) is 9.90. The minimum atomic E-state index is -3.17. The molecule has 0 saturated heterocycles. The van der Waals surface area contributed by atoms with Crippen molar-refractivity contribution in [3.05, 3.63) is 30.3 Å². The van der Waals surface area contributed by atoms with E-state index in [1.807, 2.05) is 18.2 Å². The summed E-state index contributed by atoms with van der Waals surface area (Å²) in [6, 6.07) is 9.13. The lowest BCUT2D eigenvalue weighted by Gasteiger charge is -2.03. The fraction of sp³-hybridized carbons (Fsp3) is 0.222. The average Bonchev–Trinajstić information content (AvgIpc) is 2.04. The van der Waals surface area contributed by atoms with Crippen LogP contribution in [-0.4, -0.2) is 17.0 Å². The Morgan fingerprint density at radius 3 is 2.38 bits per heavy atom. The predicted molar refractivity (Wildman–Crippen MR) is 55.0 cm³/mol. The first-order valence-electron chi connectivity index (χ1n) is 3.91. The summed E-state index contributed by atoms with van der Waals surface area (Å²) in [4.78, 5) is 13.2. The zero-order valence-corrected chi connectivity index (χ0v) is 8.53. The first-order chi connectivity index (χ1) is 6.00. The molecular formula is C9H12NO2P. The van der Waals surface area contributed by atoms with Crippen molar-refractivity contribution in [2.45, 2.75) is 6.92 Å². The highest BCUT2D eigenvalue weighted by atomic mass is 31.2. The highest BCUT2D eigenvalue weighted by Gasteiger charge is 2.13. The molecule has 1 N–H and O–H groups in total. The van der Waals surface area contributed by atoms with Gasteiger partial charge in [-0.15, -0.1) is 0 Å². The Labute approximate surface area is 77.6 Å². The Kier molecular flexibility index (Phi) is 3.02. The lowest BCUT2D eigenvalue weighted by molar-refractivity contribution is 0.499.